The summed E-state index contributed by atoms with van der Waals surface area (Å²) in [5, 5.41) is 8.46. The van der Waals surface area contributed by atoms with E-state index in [1.165, 1.54) is 25.3 Å². The molecular weight excluding hydrogens is 192 g/mol. The van der Waals surface area contributed by atoms with Crippen LogP contribution in [0.1, 0.15) is 33.1 Å². The third-order valence-electron chi connectivity index (χ3n) is 2.69. The van der Waals surface area contributed by atoms with E-state index in [0.717, 1.165) is 13.0 Å². The normalized spacial score (nSPS) is 22.6. The van der Waals surface area contributed by atoms with Gasteiger partial charge in [0.25, 0.3) is 0 Å². The molecule has 0 amide bonds. The first-order valence-electron chi connectivity index (χ1n) is 5.37. The van der Waals surface area contributed by atoms with Gasteiger partial charge in [-0.1, -0.05) is 13.8 Å². The van der Waals surface area contributed by atoms with Crippen molar-refractivity contribution in [2.24, 2.45) is 0 Å². The Morgan fingerprint density at radius 3 is 2.93 bits per heavy atom. The summed E-state index contributed by atoms with van der Waals surface area (Å²) in [5.41, 5.74) is 0. The Morgan fingerprint density at radius 2 is 2.21 bits per heavy atom. The SMILES string of the molecule is CC1(C)CCN(CCCC#N)CCS1. The molecule has 3 heteroatoms. The largest absolute Gasteiger partial charge is 0.302 e. The van der Waals surface area contributed by atoms with Crippen LogP contribution in [-0.4, -0.2) is 35.0 Å². The van der Waals surface area contributed by atoms with Crippen LogP contribution < -0.4 is 0 Å². The third-order valence-corrected chi connectivity index (χ3v) is 4.07. The van der Waals surface area contributed by atoms with Crippen molar-refractivity contribution < 1.29 is 0 Å². The molecule has 0 aromatic heterocycles. The van der Waals surface area contributed by atoms with Crippen molar-refractivity contribution in [1.82, 2.24) is 4.90 Å². The number of hydrogen-bond donors (Lipinski definition) is 0. The van der Waals surface area contributed by atoms with Crippen LogP contribution >= 0.6 is 11.8 Å². The number of nitrogens with zero attached hydrogens (tertiary/aromatic N) is 2. The maximum atomic E-state index is 8.46. The zero-order valence-corrected chi connectivity index (χ0v) is 10.1. The number of hydrogen-bond acceptors (Lipinski definition) is 3. The van der Waals surface area contributed by atoms with Crippen LogP contribution in [0, 0.1) is 11.3 Å². The Bertz CT molecular complexity index is 208. The Labute approximate surface area is 91.7 Å². The molecular formula is C11H20N2S. The highest BCUT2D eigenvalue weighted by molar-refractivity contribution is 8.00. The monoisotopic (exact) mass is 212 g/mol. The Balaban J connectivity index is 2.25. The van der Waals surface area contributed by atoms with Gasteiger partial charge in [-0.05, 0) is 25.9 Å². The first-order valence-corrected chi connectivity index (χ1v) is 6.36. The average Bonchev–Trinajstić information content (AvgIpc) is 2.28. The van der Waals surface area contributed by atoms with Crippen LogP contribution in [0.4, 0.5) is 0 Å². The van der Waals surface area contributed by atoms with Gasteiger partial charge in [-0.15, -0.1) is 0 Å². The van der Waals surface area contributed by atoms with Crippen molar-refractivity contribution in [3.8, 4) is 6.07 Å². The van der Waals surface area contributed by atoms with Gasteiger partial charge in [-0.25, -0.2) is 0 Å². The van der Waals surface area contributed by atoms with E-state index in [0.29, 0.717) is 11.2 Å². The number of nitriles is 1. The first-order chi connectivity index (χ1) is 6.64. The zero-order chi connectivity index (χ0) is 10.4. The number of unbranched alkanes of at least 4 members (excludes halogenated alkanes) is 1. The molecule has 2 nitrogen and oxygen atoms in total. The van der Waals surface area contributed by atoms with Gasteiger partial charge in [0.05, 0.1) is 6.07 Å². The van der Waals surface area contributed by atoms with Crippen LogP contribution in [0.2, 0.25) is 0 Å². The van der Waals surface area contributed by atoms with E-state index in [1.54, 1.807) is 0 Å². The summed E-state index contributed by atoms with van der Waals surface area (Å²) in [7, 11) is 0. The van der Waals surface area contributed by atoms with E-state index >= 15 is 0 Å². The average molecular weight is 212 g/mol. The first kappa shape index (κ1) is 11.9. The van der Waals surface area contributed by atoms with Gasteiger partial charge in [0.15, 0.2) is 0 Å². The molecule has 14 heavy (non-hydrogen) atoms. The molecule has 0 atom stereocenters. The van der Waals surface area contributed by atoms with Gasteiger partial charge in [0.2, 0.25) is 0 Å². The van der Waals surface area contributed by atoms with Gasteiger partial charge in [0.1, 0.15) is 0 Å². The fourth-order valence-corrected chi connectivity index (χ4v) is 2.81. The molecule has 1 fully saturated rings. The summed E-state index contributed by atoms with van der Waals surface area (Å²) in [6, 6.07) is 2.21. The van der Waals surface area contributed by atoms with E-state index < -0.39 is 0 Å². The summed E-state index contributed by atoms with van der Waals surface area (Å²) in [4.78, 5) is 2.50. The van der Waals surface area contributed by atoms with E-state index in [4.69, 9.17) is 5.26 Å². The van der Waals surface area contributed by atoms with Gasteiger partial charge >= 0.3 is 0 Å². The predicted octanol–water partition coefficient (Wildman–Crippen LogP) is 2.51. The van der Waals surface area contributed by atoms with Crippen LogP contribution in [0.3, 0.4) is 0 Å². The molecule has 0 unspecified atom stereocenters. The molecule has 0 aromatic rings. The van der Waals surface area contributed by atoms with E-state index in [-0.39, 0.29) is 0 Å². The fraction of sp³-hybridized carbons (Fsp3) is 0.909. The molecule has 0 aromatic carbocycles. The van der Waals surface area contributed by atoms with Crippen LogP contribution in [0.5, 0.6) is 0 Å². The molecule has 1 aliphatic heterocycles. The minimum absolute atomic E-state index is 0.448. The number of rotatable bonds is 3. The van der Waals surface area contributed by atoms with Gasteiger partial charge in [-0.3, -0.25) is 0 Å². The van der Waals surface area contributed by atoms with Crippen molar-refractivity contribution in [2.45, 2.75) is 37.9 Å². The molecule has 0 radical (unpaired) electrons. The molecule has 0 aliphatic carbocycles. The maximum Gasteiger partial charge on any atom is 0.0622 e. The van der Waals surface area contributed by atoms with Crippen LogP contribution in [0.15, 0.2) is 0 Å². The van der Waals surface area contributed by atoms with E-state index in [2.05, 4.69) is 36.6 Å². The number of thioether (sulfide) groups is 1. The standard InChI is InChI=1S/C11H20N2S/c1-11(2)5-8-13(9-10-14-11)7-4-3-6-12/h3-5,7-10H2,1-2H3. The lowest BCUT2D eigenvalue weighted by Gasteiger charge is -2.22. The summed E-state index contributed by atoms with van der Waals surface area (Å²) in [6.45, 7) is 8.15. The molecule has 0 saturated carbocycles. The van der Waals surface area contributed by atoms with Crippen molar-refractivity contribution in [1.29, 1.82) is 5.26 Å². The molecule has 1 heterocycles. The van der Waals surface area contributed by atoms with Gasteiger partial charge in [0, 0.05) is 23.5 Å². The summed E-state index contributed by atoms with van der Waals surface area (Å²) in [5.74, 6) is 1.24. The predicted molar refractivity (Wildman–Crippen MR) is 62.4 cm³/mol. The van der Waals surface area contributed by atoms with Gasteiger partial charge in [-0.2, -0.15) is 17.0 Å². The van der Waals surface area contributed by atoms with E-state index in [9.17, 15) is 0 Å². The summed E-state index contributed by atoms with van der Waals surface area (Å²) in [6.07, 6.45) is 3.00. The maximum absolute atomic E-state index is 8.46. The quantitative estimate of drug-likeness (QED) is 0.673. The molecule has 0 N–H and O–H groups in total. The molecule has 1 saturated heterocycles. The van der Waals surface area contributed by atoms with Crippen molar-refractivity contribution in [3.05, 3.63) is 0 Å². The molecule has 0 spiro atoms. The smallest absolute Gasteiger partial charge is 0.0622 e. The van der Waals surface area contributed by atoms with Gasteiger partial charge < -0.3 is 4.90 Å². The molecule has 1 rings (SSSR count). The summed E-state index contributed by atoms with van der Waals surface area (Å²) < 4.78 is 0.448. The highest BCUT2D eigenvalue weighted by Gasteiger charge is 2.22. The lowest BCUT2D eigenvalue weighted by atomic mass is 10.1. The molecule has 1 aliphatic rings. The van der Waals surface area contributed by atoms with Crippen molar-refractivity contribution in [3.63, 3.8) is 0 Å². The minimum atomic E-state index is 0.448. The Hall–Kier alpha value is -0.200. The summed E-state index contributed by atoms with van der Waals surface area (Å²) >= 11 is 2.08. The lowest BCUT2D eigenvalue weighted by Crippen LogP contribution is -2.28. The Morgan fingerprint density at radius 1 is 1.43 bits per heavy atom. The zero-order valence-electron chi connectivity index (χ0n) is 9.25. The highest BCUT2D eigenvalue weighted by atomic mass is 32.2. The fourth-order valence-electron chi connectivity index (χ4n) is 1.67. The molecule has 80 valence electrons. The lowest BCUT2D eigenvalue weighted by molar-refractivity contribution is 0.282. The van der Waals surface area contributed by atoms with Crippen LogP contribution in [0.25, 0.3) is 0 Å². The minimum Gasteiger partial charge on any atom is -0.302 e. The second kappa shape index (κ2) is 5.63. The van der Waals surface area contributed by atoms with Crippen molar-refractivity contribution >= 4 is 11.8 Å². The van der Waals surface area contributed by atoms with Crippen molar-refractivity contribution in [2.75, 3.05) is 25.4 Å². The highest BCUT2D eigenvalue weighted by Crippen LogP contribution is 2.30. The third kappa shape index (κ3) is 4.34. The second-order valence-corrected chi connectivity index (χ2v) is 6.26. The second-order valence-electron chi connectivity index (χ2n) is 4.46. The van der Waals surface area contributed by atoms with E-state index in [1.807, 2.05) is 0 Å². The Kier molecular flexibility index (Phi) is 4.77. The molecule has 0 bridgehead atoms. The topological polar surface area (TPSA) is 27.0 Å². The van der Waals surface area contributed by atoms with Crippen LogP contribution in [-0.2, 0) is 0 Å².